The maximum absolute atomic E-state index is 10.1. The summed E-state index contributed by atoms with van der Waals surface area (Å²) in [5.74, 6) is 2.65. The predicted molar refractivity (Wildman–Crippen MR) is 50.6 cm³/mol. The Labute approximate surface area is 75.2 Å². The van der Waals surface area contributed by atoms with Crippen LogP contribution in [0, 0.1) is 17.8 Å². The van der Waals surface area contributed by atoms with Gasteiger partial charge < -0.3 is 5.11 Å². The maximum Gasteiger partial charge on any atom is 0.0673 e. The Balaban J connectivity index is 2.64. The van der Waals surface area contributed by atoms with Crippen LogP contribution in [-0.2, 0) is 0 Å². The molecule has 1 aliphatic rings. The van der Waals surface area contributed by atoms with E-state index in [1.165, 1.54) is 0 Å². The molecule has 0 bridgehead atoms. The van der Waals surface area contributed by atoms with E-state index in [1.54, 1.807) is 0 Å². The van der Waals surface area contributed by atoms with Gasteiger partial charge in [0.25, 0.3) is 0 Å². The highest BCUT2D eigenvalue weighted by atomic mass is 16.3. The van der Waals surface area contributed by atoms with Crippen molar-refractivity contribution in [2.24, 2.45) is 5.41 Å². The first kappa shape index (κ1) is 9.61. The average molecular weight is 166 g/mol. The van der Waals surface area contributed by atoms with E-state index >= 15 is 0 Å². The molecule has 1 fully saturated rings. The molecule has 1 nitrogen and oxygen atoms in total. The summed E-state index contributed by atoms with van der Waals surface area (Å²) in [6.45, 7) is 4.09. The van der Waals surface area contributed by atoms with E-state index in [2.05, 4.69) is 12.8 Å². The Kier molecular flexibility index (Phi) is 2.49. The molecule has 1 aliphatic carbocycles. The van der Waals surface area contributed by atoms with Gasteiger partial charge >= 0.3 is 0 Å². The molecule has 1 N–H and O–H groups in total. The topological polar surface area (TPSA) is 20.2 Å². The van der Waals surface area contributed by atoms with Gasteiger partial charge in [-0.25, -0.2) is 0 Å². The fourth-order valence-corrected chi connectivity index (χ4v) is 2.14. The van der Waals surface area contributed by atoms with Crippen LogP contribution in [0.1, 0.15) is 46.0 Å². The van der Waals surface area contributed by atoms with E-state index in [0.717, 1.165) is 32.1 Å². The van der Waals surface area contributed by atoms with E-state index in [0.29, 0.717) is 0 Å². The number of hydrogen-bond acceptors (Lipinski definition) is 1. The molecule has 0 heterocycles. The van der Waals surface area contributed by atoms with Crippen molar-refractivity contribution in [1.82, 2.24) is 0 Å². The lowest BCUT2D eigenvalue weighted by Gasteiger charge is -2.36. The van der Waals surface area contributed by atoms with Crippen molar-refractivity contribution in [2.75, 3.05) is 0 Å². The van der Waals surface area contributed by atoms with Crippen molar-refractivity contribution in [3.63, 3.8) is 0 Å². The zero-order valence-electron chi connectivity index (χ0n) is 8.06. The van der Waals surface area contributed by atoms with Crippen LogP contribution in [0.15, 0.2) is 0 Å². The van der Waals surface area contributed by atoms with Crippen LogP contribution in [0.25, 0.3) is 0 Å². The first-order chi connectivity index (χ1) is 5.52. The summed E-state index contributed by atoms with van der Waals surface area (Å²) in [4.78, 5) is 0. The smallest absolute Gasteiger partial charge is 0.0673 e. The largest absolute Gasteiger partial charge is 0.390 e. The summed E-state index contributed by atoms with van der Waals surface area (Å²) < 4.78 is 0. The van der Waals surface area contributed by atoms with Crippen molar-refractivity contribution in [1.29, 1.82) is 0 Å². The monoisotopic (exact) mass is 166 g/mol. The maximum atomic E-state index is 10.1. The second-order valence-electron chi connectivity index (χ2n) is 4.39. The normalized spacial score (nSPS) is 41.2. The molecule has 0 radical (unpaired) electrons. The fourth-order valence-electron chi connectivity index (χ4n) is 2.14. The number of rotatable bonds is 2. The van der Waals surface area contributed by atoms with Crippen molar-refractivity contribution >= 4 is 0 Å². The van der Waals surface area contributed by atoms with Gasteiger partial charge in [0.2, 0.25) is 0 Å². The minimum absolute atomic E-state index is 0.0549. The van der Waals surface area contributed by atoms with Gasteiger partial charge in [0.05, 0.1) is 5.60 Å². The third-order valence-corrected chi connectivity index (χ3v) is 3.51. The van der Waals surface area contributed by atoms with E-state index in [9.17, 15) is 5.11 Å². The second-order valence-corrected chi connectivity index (χ2v) is 4.39. The highest BCUT2D eigenvalue weighted by molar-refractivity contribution is 5.00. The molecule has 0 aliphatic heterocycles. The summed E-state index contributed by atoms with van der Waals surface area (Å²) in [5.41, 5.74) is -0.441. The van der Waals surface area contributed by atoms with Crippen molar-refractivity contribution in [2.45, 2.75) is 51.6 Å². The van der Waals surface area contributed by atoms with Gasteiger partial charge in [0.15, 0.2) is 0 Å². The Morgan fingerprint density at radius 2 is 2.08 bits per heavy atom. The Hall–Kier alpha value is -0.480. The highest BCUT2D eigenvalue weighted by Crippen LogP contribution is 2.48. The minimum atomic E-state index is -0.496. The first-order valence-electron chi connectivity index (χ1n) is 4.68. The van der Waals surface area contributed by atoms with Crippen molar-refractivity contribution < 1.29 is 5.11 Å². The SMILES string of the molecule is C#CCCC1(C)CCCC1(C)O. The van der Waals surface area contributed by atoms with Crippen LogP contribution in [0.4, 0.5) is 0 Å². The van der Waals surface area contributed by atoms with Crippen LogP contribution in [0.2, 0.25) is 0 Å². The lowest BCUT2D eigenvalue weighted by atomic mass is 9.74. The van der Waals surface area contributed by atoms with Gasteiger partial charge in [0, 0.05) is 6.42 Å². The van der Waals surface area contributed by atoms with Crippen LogP contribution < -0.4 is 0 Å². The van der Waals surface area contributed by atoms with Crippen molar-refractivity contribution in [3.8, 4) is 12.3 Å². The van der Waals surface area contributed by atoms with Crippen LogP contribution in [-0.4, -0.2) is 10.7 Å². The number of aliphatic hydroxyl groups is 1. The molecule has 1 saturated carbocycles. The highest BCUT2D eigenvalue weighted by Gasteiger charge is 2.46. The molecule has 1 rings (SSSR count). The van der Waals surface area contributed by atoms with Crippen molar-refractivity contribution in [3.05, 3.63) is 0 Å². The van der Waals surface area contributed by atoms with Gasteiger partial charge in [0.1, 0.15) is 0 Å². The summed E-state index contributed by atoms with van der Waals surface area (Å²) in [6, 6.07) is 0. The predicted octanol–water partition coefficient (Wildman–Crippen LogP) is 2.34. The number of terminal acetylenes is 1. The standard InChI is InChI=1S/C11H18O/c1-4-5-7-10(2)8-6-9-11(10,3)12/h1,12H,5-9H2,2-3H3. The summed E-state index contributed by atoms with van der Waals surface area (Å²) in [5, 5.41) is 10.1. The van der Waals surface area contributed by atoms with Crippen LogP contribution in [0.3, 0.4) is 0 Å². The summed E-state index contributed by atoms with van der Waals surface area (Å²) in [7, 11) is 0. The van der Waals surface area contributed by atoms with Gasteiger partial charge in [-0.3, -0.25) is 0 Å². The van der Waals surface area contributed by atoms with E-state index in [4.69, 9.17) is 6.42 Å². The molecule has 12 heavy (non-hydrogen) atoms. The molecular weight excluding hydrogens is 148 g/mol. The minimum Gasteiger partial charge on any atom is -0.390 e. The van der Waals surface area contributed by atoms with Gasteiger partial charge in [-0.1, -0.05) is 6.92 Å². The van der Waals surface area contributed by atoms with E-state index < -0.39 is 5.60 Å². The second kappa shape index (κ2) is 3.11. The molecule has 1 heteroatoms. The van der Waals surface area contributed by atoms with E-state index in [-0.39, 0.29) is 5.41 Å². The molecule has 0 saturated heterocycles. The van der Waals surface area contributed by atoms with Crippen LogP contribution >= 0.6 is 0 Å². The lowest BCUT2D eigenvalue weighted by molar-refractivity contribution is -0.0392. The molecule has 0 aromatic rings. The van der Waals surface area contributed by atoms with E-state index in [1.807, 2.05) is 6.92 Å². The Bertz CT molecular complexity index is 200. The molecule has 68 valence electrons. The molecule has 2 atom stereocenters. The molecule has 0 amide bonds. The molecule has 0 aromatic heterocycles. The molecule has 0 spiro atoms. The summed E-state index contributed by atoms with van der Waals surface area (Å²) >= 11 is 0. The molecular formula is C11H18O. The molecule has 2 unspecified atom stereocenters. The zero-order valence-corrected chi connectivity index (χ0v) is 8.06. The first-order valence-corrected chi connectivity index (χ1v) is 4.68. The number of hydrogen-bond donors (Lipinski definition) is 1. The fraction of sp³-hybridized carbons (Fsp3) is 0.818. The average Bonchev–Trinajstić information content (AvgIpc) is 2.24. The third-order valence-electron chi connectivity index (χ3n) is 3.51. The summed E-state index contributed by atoms with van der Waals surface area (Å²) in [6.07, 6.45) is 10.1. The molecule has 0 aromatic carbocycles. The van der Waals surface area contributed by atoms with Gasteiger partial charge in [-0.2, -0.15) is 0 Å². The zero-order chi connectivity index (χ0) is 9.24. The van der Waals surface area contributed by atoms with Gasteiger partial charge in [-0.15, -0.1) is 12.3 Å². The van der Waals surface area contributed by atoms with Crippen LogP contribution in [0.5, 0.6) is 0 Å². The Morgan fingerprint density at radius 1 is 1.42 bits per heavy atom. The van der Waals surface area contributed by atoms with Gasteiger partial charge in [-0.05, 0) is 38.0 Å². The lowest BCUT2D eigenvalue weighted by Crippen LogP contribution is -2.38. The third kappa shape index (κ3) is 1.49. The Morgan fingerprint density at radius 3 is 2.50 bits per heavy atom. The quantitative estimate of drug-likeness (QED) is 0.624.